The zero-order valence-corrected chi connectivity index (χ0v) is 18.6. The SMILES string of the molecule is COc1cc2c(NCc3ccc4c(c3)OCO4)nc(/C=C(\C)C(=O)O)nc2c(OC)c1OC. The molecule has 0 fully saturated rings. The number of aliphatic carboxylic acids is 1. The van der Waals surface area contributed by atoms with Crippen molar-refractivity contribution in [3.63, 3.8) is 0 Å². The number of nitrogens with zero attached hydrogens (tertiary/aromatic N) is 2. The molecule has 10 nitrogen and oxygen atoms in total. The van der Waals surface area contributed by atoms with Crippen molar-refractivity contribution in [3.8, 4) is 28.7 Å². The van der Waals surface area contributed by atoms with E-state index in [9.17, 15) is 9.90 Å². The quantitative estimate of drug-likeness (QED) is 0.490. The second-order valence-electron chi connectivity index (χ2n) is 7.15. The number of anilines is 1. The van der Waals surface area contributed by atoms with Gasteiger partial charge >= 0.3 is 5.97 Å². The molecule has 1 aliphatic rings. The summed E-state index contributed by atoms with van der Waals surface area (Å²) in [6.07, 6.45) is 1.39. The number of hydrogen-bond acceptors (Lipinski definition) is 9. The number of fused-ring (bicyclic) bond motifs is 2. The first kappa shape index (κ1) is 22.0. The average Bonchev–Trinajstić information content (AvgIpc) is 3.29. The monoisotopic (exact) mass is 453 g/mol. The molecule has 33 heavy (non-hydrogen) atoms. The van der Waals surface area contributed by atoms with Crippen LogP contribution in [0.1, 0.15) is 18.3 Å². The first-order valence-electron chi connectivity index (χ1n) is 9.99. The third-order valence-corrected chi connectivity index (χ3v) is 5.09. The zero-order chi connectivity index (χ0) is 23.5. The van der Waals surface area contributed by atoms with E-state index in [1.54, 1.807) is 6.07 Å². The van der Waals surface area contributed by atoms with E-state index in [-0.39, 0.29) is 18.2 Å². The van der Waals surface area contributed by atoms with Gasteiger partial charge in [-0.05, 0) is 36.8 Å². The lowest BCUT2D eigenvalue weighted by molar-refractivity contribution is -0.132. The predicted octanol–water partition coefficient (Wildman–Crippen LogP) is 3.48. The van der Waals surface area contributed by atoms with Gasteiger partial charge in [-0.2, -0.15) is 0 Å². The van der Waals surface area contributed by atoms with Crippen molar-refractivity contribution in [1.29, 1.82) is 0 Å². The minimum atomic E-state index is -1.06. The maximum absolute atomic E-state index is 11.3. The molecule has 0 atom stereocenters. The van der Waals surface area contributed by atoms with Crippen molar-refractivity contribution in [2.45, 2.75) is 13.5 Å². The van der Waals surface area contributed by atoms with E-state index >= 15 is 0 Å². The number of carbonyl (C=O) groups is 1. The van der Waals surface area contributed by atoms with Crippen LogP contribution in [-0.4, -0.2) is 49.2 Å². The number of benzene rings is 2. The molecule has 0 spiro atoms. The van der Waals surface area contributed by atoms with Crippen molar-refractivity contribution < 1.29 is 33.6 Å². The summed E-state index contributed by atoms with van der Waals surface area (Å²) < 4.78 is 27.3. The Morgan fingerprint density at radius 3 is 2.55 bits per heavy atom. The van der Waals surface area contributed by atoms with E-state index in [0.29, 0.717) is 52.0 Å². The van der Waals surface area contributed by atoms with Gasteiger partial charge in [0.2, 0.25) is 12.5 Å². The molecule has 172 valence electrons. The average molecular weight is 453 g/mol. The molecule has 0 saturated heterocycles. The largest absolute Gasteiger partial charge is 0.493 e. The molecular formula is C23H23N3O7. The van der Waals surface area contributed by atoms with Gasteiger partial charge in [0.05, 0.1) is 26.7 Å². The molecule has 2 heterocycles. The highest BCUT2D eigenvalue weighted by Gasteiger charge is 2.21. The first-order chi connectivity index (χ1) is 15.9. The molecular weight excluding hydrogens is 430 g/mol. The molecule has 0 radical (unpaired) electrons. The van der Waals surface area contributed by atoms with E-state index in [2.05, 4.69) is 15.3 Å². The summed E-state index contributed by atoms with van der Waals surface area (Å²) in [5, 5.41) is 13.2. The summed E-state index contributed by atoms with van der Waals surface area (Å²) >= 11 is 0. The Hall–Kier alpha value is -4.21. The van der Waals surface area contributed by atoms with Crippen LogP contribution in [-0.2, 0) is 11.3 Å². The van der Waals surface area contributed by atoms with Gasteiger partial charge in [0.15, 0.2) is 28.8 Å². The molecule has 0 unspecified atom stereocenters. The molecule has 10 heteroatoms. The molecule has 0 aliphatic carbocycles. The Morgan fingerprint density at radius 2 is 1.85 bits per heavy atom. The van der Waals surface area contributed by atoms with Gasteiger partial charge in [0, 0.05) is 12.1 Å². The number of aromatic nitrogens is 2. The summed E-state index contributed by atoms with van der Waals surface area (Å²) in [4.78, 5) is 20.4. The van der Waals surface area contributed by atoms with Gasteiger partial charge in [-0.1, -0.05) is 6.07 Å². The predicted molar refractivity (Wildman–Crippen MR) is 120 cm³/mol. The lowest BCUT2D eigenvalue weighted by Crippen LogP contribution is -2.07. The van der Waals surface area contributed by atoms with Crippen LogP contribution in [0.15, 0.2) is 29.8 Å². The fraction of sp³-hybridized carbons (Fsp3) is 0.261. The van der Waals surface area contributed by atoms with Crippen molar-refractivity contribution in [3.05, 3.63) is 41.2 Å². The highest BCUT2D eigenvalue weighted by molar-refractivity contribution is 5.98. The molecule has 0 saturated carbocycles. The van der Waals surface area contributed by atoms with Gasteiger partial charge in [0.25, 0.3) is 0 Å². The summed E-state index contributed by atoms with van der Waals surface area (Å²) in [5.74, 6) is 2.16. The Labute approximate surface area is 189 Å². The summed E-state index contributed by atoms with van der Waals surface area (Å²) in [5.41, 5.74) is 1.48. The van der Waals surface area contributed by atoms with Gasteiger partial charge in [-0.25, -0.2) is 14.8 Å². The third kappa shape index (κ3) is 4.27. The minimum absolute atomic E-state index is 0.0931. The van der Waals surface area contributed by atoms with Gasteiger partial charge in [-0.3, -0.25) is 0 Å². The standard InChI is InChI=1S/C23H23N3O7/c1-12(23(27)28)7-18-25-19-14(9-17(29-2)20(30-3)21(19)31-4)22(26-18)24-10-13-5-6-15-16(8-13)33-11-32-15/h5-9H,10-11H2,1-4H3,(H,27,28)(H,24,25,26)/b12-7+. The zero-order valence-electron chi connectivity index (χ0n) is 18.6. The van der Waals surface area contributed by atoms with Crippen molar-refractivity contribution in [1.82, 2.24) is 9.97 Å². The van der Waals surface area contributed by atoms with Gasteiger partial charge < -0.3 is 34.1 Å². The van der Waals surface area contributed by atoms with Crippen molar-refractivity contribution in [2.75, 3.05) is 33.4 Å². The van der Waals surface area contributed by atoms with Crippen LogP contribution >= 0.6 is 0 Å². The number of hydrogen-bond donors (Lipinski definition) is 2. The van der Waals surface area contributed by atoms with Crippen LogP contribution in [0.4, 0.5) is 5.82 Å². The Morgan fingerprint density at radius 1 is 1.09 bits per heavy atom. The Kier molecular flexibility index (Phi) is 6.07. The van der Waals surface area contributed by atoms with Crippen molar-refractivity contribution >= 4 is 28.8 Å². The van der Waals surface area contributed by atoms with Crippen LogP contribution in [0, 0.1) is 0 Å². The number of carboxylic acids is 1. The normalized spacial score (nSPS) is 12.5. The molecule has 2 aromatic carbocycles. The lowest BCUT2D eigenvalue weighted by Gasteiger charge is -2.17. The molecule has 0 amide bonds. The van der Waals surface area contributed by atoms with Gasteiger partial charge in [-0.15, -0.1) is 0 Å². The molecule has 1 aromatic heterocycles. The van der Waals surface area contributed by atoms with E-state index in [4.69, 9.17) is 23.7 Å². The smallest absolute Gasteiger partial charge is 0.331 e. The Bertz CT molecular complexity index is 1260. The molecule has 1 aliphatic heterocycles. The van der Waals surface area contributed by atoms with Crippen LogP contribution < -0.4 is 29.0 Å². The molecule has 4 rings (SSSR count). The second kappa shape index (κ2) is 9.11. The molecule has 2 N–H and O–H groups in total. The number of nitrogens with one attached hydrogen (secondary N) is 1. The molecule has 0 bridgehead atoms. The third-order valence-electron chi connectivity index (χ3n) is 5.09. The van der Waals surface area contributed by atoms with E-state index in [1.807, 2.05) is 18.2 Å². The van der Waals surface area contributed by atoms with Crippen LogP contribution in [0.3, 0.4) is 0 Å². The van der Waals surface area contributed by atoms with Gasteiger partial charge in [0.1, 0.15) is 11.3 Å². The van der Waals surface area contributed by atoms with Crippen LogP contribution in [0.2, 0.25) is 0 Å². The fourth-order valence-corrected chi connectivity index (χ4v) is 3.44. The number of methoxy groups -OCH3 is 3. The molecule has 3 aromatic rings. The number of carboxylic acid groups (broad SMARTS) is 1. The van der Waals surface area contributed by atoms with Crippen LogP contribution in [0.5, 0.6) is 28.7 Å². The van der Waals surface area contributed by atoms with E-state index < -0.39 is 5.97 Å². The first-order valence-corrected chi connectivity index (χ1v) is 9.99. The summed E-state index contributed by atoms with van der Waals surface area (Å²) in [6, 6.07) is 7.40. The topological polar surface area (TPSA) is 121 Å². The highest BCUT2D eigenvalue weighted by Crippen LogP contribution is 2.44. The number of ether oxygens (including phenoxy) is 5. The highest BCUT2D eigenvalue weighted by atomic mass is 16.7. The summed E-state index contributed by atoms with van der Waals surface area (Å²) in [7, 11) is 4.52. The van der Waals surface area contributed by atoms with Crippen LogP contribution in [0.25, 0.3) is 17.0 Å². The lowest BCUT2D eigenvalue weighted by atomic mass is 10.1. The maximum Gasteiger partial charge on any atom is 0.331 e. The number of rotatable bonds is 8. The maximum atomic E-state index is 11.3. The van der Waals surface area contributed by atoms with Crippen molar-refractivity contribution in [2.24, 2.45) is 0 Å². The fourth-order valence-electron chi connectivity index (χ4n) is 3.44. The van der Waals surface area contributed by atoms with E-state index in [1.165, 1.54) is 34.3 Å². The Balaban J connectivity index is 1.83. The second-order valence-corrected chi connectivity index (χ2v) is 7.15. The van der Waals surface area contributed by atoms with E-state index in [0.717, 1.165) is 5.56 Å². The summed E-state index contributed by atoms with van der Waals surface area (Å²) in [6.45, 7) is 2.09. The minimum Gasteiger partial charge on any atom is -0.493 e.